The number of nitrogens with one attached hydrogen (secondary N) is 1. The molecule has 0 bridgehead atoms. The van der Waals surface area contributed by atoms with Gasteiger partial charge in [0, 0.05) is 38.8 Å². The molecule has 0 unspecified atom stereocenters. The van der Waals surface area contributed by atoms with Crippen molar-refractivity contribution < 1.29 is 4.79 Å². The van der Waals surface area contributed by atoms with Gasteiger partial charge in [-0.2, -0.15) is 0 Å². The van der Waals surface area contributed by atoms with Crippen molar-refractivity contribution in [2.75, 3.05) is 36.4 Å². The zero-order valence-electron chi connectivity index (χ0n) is 17.2. The summed E-state index contributed by atoms with van der Waals surface area (Å²) in [6.07, 6.45) is 3.07. The van der Waals surface area contributed by atoms with Crippen LogP contribution in [0, 0.1) is 6.92 Å². The highest BCUT2D eigenvalue weighted by Gasteiger charge is 2.22. The lowest BCUT2D eigenvalue weighted by atomic mass is 10.1. The third-order valence-electron chi connectivity index (χ3n) is 5.24. The van der Waals surface area contributed by atoms with E-state index in [4.69, 9.17) is 0 Å². The minimum atomic E-state index is 0.220. The van der Waals surface area contributed by atoms with Crippen molar-refractivity contribution >= 4 is 23.4 Å². The number of rotatable bonds is 6. The summed E-state index contributed by atoms with van der Waals surface area (Å²) in [6.45, 7) is 5.02. The van der Waals surface area contributed by atoms with Crippen LogP contribution < -0.4 is 10.2 Å². The Bertz CT molecular complexity index is 968. The second-order valence-corrected chi connectivity index (χ2v) is 7.47. The third-order valence-corrected chi connectivity index (χ3v) is 5.24. The average Bonchev–Trinajstić information content (AvgIpc) is 2.79. The molecule has 1 aromatic carbocycles. The molecule has 7 heteroatoms. The molecule has 3 heterocycles. The quantitative estimate of drug-likeness (QED) is 0.683. The lowest BCUT2D eigenvalue weighted by Crippen LogP contribution is -2.49. The first kappa shape index (κ1) is 19.8. The number of amides is 1. The maximum atomic E-state index is 12.6. The first-order chi connectivity index (χ1) is 14.7. The van der Waals surface area contributed by atoms with Crippen LogP contribution in [-0.2, 0) is 11.2 Å². The molecule has 0 aliphatic carbocycles. The fourth-order valence-corrected chi connectivity index (χ4v) is 3.59. The Morgan fingerprint density at radius 2 is 1.83 bits per heavy atom. The molecule has 0 atom stereocenters. The molecule has 154 valence electrons. The van der Waals surface area contributed by atoms with E-state index >= 15 is 0 Å². The maximum Gasteiger partial charge on any atom is 0.223 e. The lowest BCUT2D eigenvalue weighted by molar-refractivity contribution is -0.131. The Morgan fingerprint density at radius 1 is 0.967 bits per heavy atom. The summed E-state index contributed by atoms with van der Waals surface area (Å²) in [6, 6.07) is 17.9. The standard InChI is InChI=1S/C23H26N6O/c1-18-5-4-6-19(17-18)8-11-23(30)29-15-13-28(14-16-29)22-10-9-21(26-27-22)25-20-7-2-3-12-24-20/h2-7,9-10,12,17H,8,11,13-16H2,1H3,(H,24,25,26). The fraction of sp³-hybridized carbons (Fsp3) is 0.304. The Labute approximate surface area is 176 Å². The van der Waals surface area contributed by atoms with E-state index in [2.05, 4.69) is 50.5 Å². The van der Waals surface area contributed by atoms with Gasteiger partial charge in [-0.25, -0.2) is 4.98 Å². The van der Waals surface area contributed by atoms with Gasteiger partial charge in [0.05, 0.1) is 0 Å². The molecule has 4 rings (SSSR count). The second kappa shape index (κ2) is 9.35. The molecule has 30 heavy (non-hydrogen) atoms. The van der Waals surface area contributed by atoms with Crippen LogP contribution in [0.15, 0.2) is 60.8 Å². The summed E-state index contributed by atoms with van der Waals surface area (Å²) in [5, 5.41) is 11.7. The van der Waals surface area contributed by atoms with Crippen LogP contribution in [0.3, 0.4) is 0 Å². The van der Waals surface area contributed by atoms with Crippen LogP contribution in [-0.4, -0.2) is 52.2 Å². The molecule has 0 spiro atoms. The van der Waals surface area contributed by atoms with Crippen LogP contribution in [0.1, 0.15) is 17.5 Å². The molecule has 0 saturated carbocycles. The van der Waals surface area contributed by atoms with E-state index in [1.807, 2.05) is 41.3 Å². The van der Waals surface area contributed by atoms with E-state index in [0.717, 1.165) is 31.1 Å². The molecular formula is C23H26N6O. The van der Waals surface area contributed by atoms with Gasteiger partial charge in [0.2, 0.25) is 5.91 Å². The third kappa shape index (κ3) is 5.11. The number of aromatic nitrogens is 3. The normalized spacial score (nSPS) is 13.9. The van der Waals surface area contributed by atoms with Gasteiger partial charge >= 0.3 is 0 Å². The van der Waals surface area contributed by atoms with E-state index in [1.165, 1.54) is 11.1 Å². The van der Waals surface area contributed by atoms with Crippen LogP contribution in [0.4, 0.5) is 17.5 Å². The van der Waals surface area contributed by atoms with E-state index in [9.17, 15) is 4.79 Å². The summed E-state index contributed by atoms with van der Waals surface area (Å²) >= 11 is 0. The van der Waals surface area contributed by atoms with Crippen molar-refractivity contribution in [1.82, 2.24) is 20.1 Å². The fourth-order valence-electron chi connectivity index (χ4n) is 3.59. The monoisotopic (exact) mass is 402 g/mol. The highest BCUT2D eigenvalue weighted by atomic mass is 16.2. The van der Waals surface area contributed by atoms with Crippen LogP contribution in [0.5, 0.6) is 0 Å². The van der Waals surface area contributed by atoms with Gasteiger partial charge in [-0.3, -0.25) is 4.79 Å². The number of carbonyl (C=O) groups is 1. The van der Waals surface area contributed by atoms with Crippen molar-refractivity contribution in [3.05, 3.63) is 71.9 Å². The van der Waals surface area contributed by atoms with Crippen molar-refractivity contribution in [3.63, 3.8) is 0 Å². The molecule has 1 aliphatic rings. The smallest absolute Gasteiger partial charge is 0.223 e. The Balaban J connectivity index is 1.26. The van der Waals surface area contributed by atoms with Gasteiger partial charge < -0.3 is 15.1 Å². The van der Waals surface area contributed by atoms with E-state index < -0.39 is 0 Å². The number of benzene rings is 1. The van der Waals surface area contributed by atoms with Gasteiger partial charge in [-0.1, -0.05) is 35.9 Å². The highest BCUT2D eigenvalue weighted by molar-refractivity contribution is 5.76. The Hall–Kier alpha value is -3.48. The van der Waals surface area contributed by atoms with Crippen LogP contribution in [0.2, 0.25) is 0 Å². The Morgan fingerprint density at radius 3 is 2.53 bits per heavy atom. The molecule has 1 fully saturated rings. The summed E-state index contributed by atoms with van der Waals surface area (Å²) in [4.78, 5) is 20.9. The minimum Gasteiger partial charge on any atom is -0.352 e. The van der Waals surface area contributed by atoms with Gasteiger partial charge in [-0.05, 0) is 43.2 Å². The van der Waals surface area contributed by atoms with E-state index in [-0.39, 0.29) is 5.91 Å². The summed E-state index contributed by atoms with van der Waals surface area (Å²) < 4.78 is 0. The molecular weight excluding hydrogens is 376 g/mol. The molecule has 1 amide bonds. The molecule has 1 N–H and O–H groups in total. The minimum absolute atomic E-state index is 0.220. The summed E-state index contributed by atoms with van der Waals surface area (Å²) in [7, 11) is 0. The zero-order valence-corrected chi connectivity index (χ0v) is 17.2. The number of hydrogen-bond donors (Lipinski definition) is 1. The van der Waals surface area contributed by atoms with Crippen molar-refractivity contribution in [1.29, 1.82) is 0 Å². The van der Waals surface area contributed by atoms with E-state index in [0.29, 0.717) is 25.3 Å². The molecule has 0 radical (unpaired) electrons. The number of aryl methyl sites for hydroxylation is 2. The van der Waals surface area contributed by atoms with Gasteiger partial charge in [0.25, 0.3) is 0 Å². The molecule has 3 aromatic rings. The van der Waals surface area contributed by atoms with Gasteiger partial charge in [0.15, 0.2) is 11.6 Å². The van der Waals surface area contributed by atoms with Crippen molar-refractivity contribution in [3.8, 4) is 0 Å². The predicted octanol–water partition coefficient (Wildman–Crippen LogP) is 3.21. The predicted molar refractivity (Wildman–Crippen MR) is 118 cm³/mol. The average molecular weight is 403 g/mol. The Kier molecular flexibility index (Phi) is 6.17. The largest absolute Gasteiger partial charge is 0.352 e. The lowest BCUT2D eigenvalue weighted by Gasteiger charge is -2.35. The van der Waals surface area contributed by atoms with Crippen molar-refractivity contribution in [2.24, 2.45) is 0 Å². The van der Waals surface area contributed by atoms with Gasteiger partial charge in [0.1, 0.15) is 5.82 Å². The molecule has 2 aromatic heterocycles. The number of pyridine rings is 1. The number of piperazine rings is 1. The maximum absolute atomic E-state index is 12.6. The van der Waals surface area contributed by atoms with Crippen LogP contribution in [0.25, 0.3) is 0 Å². The summed E-state index contributed by atoms with van der Waals surface area (Å²) in [5.74, 6) is 2.44. The SMILES string of the molecule is Cc1cccc(CCC(=O)N2CCN(c3ccc(Nc4ccccn4)nn3)CC2)c1. The highest BCUT2D eigenvalue weighted by Crippen LogP contribution is 2.17. The number of anilines is 3. The number of carbonyl (C=O) groups excluding carboxylic acids is 1. The second-order valence-electron chi connectivity index (χ2n) is 7.47. The zero-order chi connectivity index (χ0) is 20.8. The van der Waals surface area contributed by atoms with E-state index in [1.54, 1.807) is 6.20 Å². The molecule has 1 saturated heterocycles. The first-order valence-electron chi connectivity index (χ1n) is 10.3. The van der Waals surface area contributed by atoms with Crippen LogP contribution >= 0.6 is 0 Å². The number of nitrogens with zero attached hydrogens (tertiary/aromatic N) is 5. The topological polar surface area (TPSA) is 74.2 Å². The first-order valence-corrected chi connectivity index (χ1v) is 10.3. The summed E-state index contributed by atoms with van der Waals surface area (Å²) in [5.41, 5.74) is 2.45. The number of hydrogen-bond acceptors (Lipinski definition) is 6. The molecule has 1 aliphatic heterocycles. The van der Waals surface area contributed by atoms with Crippen molar-refractivity contribution in [2.45, 2.75) is 19.8 Å². The van der Waals surface area contributed by atoms with Gasteiger partial charge in [-0.15, -0.1) is 10.2 Å². The molecule has 7 nitrogen and oxygen atoms in total.